The van der Waals surface area contributed by atoms with E-state index in [1.807, 2.05) is 0 Å². The molecule has 3 rings (SSSR count). The van der Waals surface area contributed by atoms with E-state index in [2.05, 4.69) is 21.3 Å². The average Bonchev–Trinajstić information content (AvgIpc) is 3.09. The monoisotopic (exact) mass is 743 g/mol. The second-order valence-electron chi connectivity index (χ2n) is 12.4. The third-order valence-corrected chi connectivity index (χ3v) is 9.05. The van der Waals surface area contributed by atoms with E-state index in [0.717, 1.165) is 4.90 Å². The van der Waals surface area contributed by atoms with Crippen molar-refractivity contribution >= 4 is 46.1 Å². The number of nitrogens with two attached hydrogens (primary N) is 2. The Bertz CT molecular complexity index is 1670. The number of fused-ring (bicyclic) bond motifs is 5. The molecule has 1 aliphatic heterocycles. The minimum Gasteiger partial charge on any atom is -0.492 e. The van der Waals surface area contributed by atoms with Gasteiger partial charge in [0.25, 0.3) is 0 Å². The van der Waals surface area contributed by atoms with Crippen molar-refractivity contribution in [2.45, 2.75) is 57.8 Å². The molecule has 0 fully saturated rings. The van der Waals surface area contributed by atoms with Gasteiger partial charge in [0.2, 0.25) is 29.5 Å². The summed E-state index contributed by atoms with van der Waals surface area (Å²) < 4.78 is 23.9. The topological polar surface area (TPSA) is 241 Å². The van der Waals surface area contributed by atoms with Crippen LogP contribution in [0.25, 0.3) is 11.1 Å². The van der Waals surface area contributed by atoms with E-state index in [0.29, 0.717) is 33.8 Å². The Morgan fingerprint density at radius 3 is 2.17 bits per heavy atom. The van der Waals surface area contributed by atoms with E-state index < -0.39 is 71.0 Å². The number of hydrogen-bond donors (Lipinski definition) is 6. The average molecular weight is 744 g/mol. The van der Waals surface area contributed by atoms with Gasteiger partial charge in [0.1, 0.15) is 42.8 Å². The van der Waals surface area contributed by atoms with Crippen LogP contribution in [0.1, 0.15) is 44.4 Å². The second-order valence-corrected chi connectivity index (χ2v) is 14.0. The first kappa shape index (κ1) is 41.5. The Morgan fingerprint density at radius 1 is 0.981 bits per heavy atom. The fraction of sp³-hybridized carbons (Fsp3) is 0.486. The third-order valence-electron chi connectivity index (χ3n) is 8.24. The quantitative estimate of drug-likeness (QED) is 0.130. The zero-order valence-electron chi connectivity index (χ0n) is 30.1. The van der Waals surface area contributed by atoms with E-state index in [4.69, 9.17) is 20.9 Å². The van der Waals surface area contributed by atoms with Crippen molar-refractivity contribution in [3.8, 4) is 22.6 Å². The molecule has 4 bridgehead atoms. The number of hydrogen-bond acceptors (Lipinski definition) is 11. The van der Waals surface area contributed by atoms with Gasteiger partial charge >= 0.3 is 0 Å². The molecule has 284 valence electrons. The highest BCUT2D eigenvalue weighted by atomic mass is 32.2. The Hall–Kier alpha value is -4.87. The molecule has 2 aromatic rings. The Kier molecular flexibility index (Phi) is 15.7. The van der Waals surface area contributed by atoms with Gasteiger partial charge in [-0.05, 0) is 55.7 Å². The van der Waals surface area contributed by atoms with E-state index in [1.54, 1.807) is 36.4 Å². The number of Topliss-reactive ketones (excluding diaryl/α,β-unsaturated/α-hetero) is 1. The molecule has 52 heavy (non-hydrogen) atoms. The van der Waals surface area contributed by atoms with Gasteiger partial charge in [0, 0.05) is 67.4 Å². The van der Waals surface area contributed by atoms with Gasteiger partial charge in [-0.15, -0.1) is 0 Å². The third kappa shape index (κ3) is 11.6. The van der Waals surface area contributed by atoms with Gasteiger partial charge in [-0.3, -0.25) is 33.0 Å². The second kappa shape index (κ2) is 19.7. The van der Waals surface area contributed by atoms with Gasteiger partial charge in [-0.1, -0.05) is 12.1 Å². The van der Waals surface area contributed by atoms with Crippen molar-refractivity contribution < 1.29 is 42.4 Å². The van der Waals surface area contributed by atoms with Gasteiger partial charge in [0.05, 0.1) is 12.6 Å². The van der Waals surface area contributed by atoms with Crippen molar-refractivity contribution in [2.24, 2.45) is 11.5 Å². The molecule has 0 saturated carbocycles. The van der Waals surface area contributed by atoms with Gasteiger partial charge in [-0.2, -0.15) is 0 Å². The van der Waals surface area contributed by atoms with Crippen LogP contribution in [0.2, 0.25) is 0 Å². The summed E-state index contributed by atoms with van der Waals surface area (Å²) >= 11 is 0. The zero-order valence-corrected chi connectivity index (χ0v) is 30.9. The Labute approximate surface area is 305 Å². The van der Waals surface area contributed by atoms with E-state index >= 15 is 0 Å². The fourth-order valence-corrected chi connectivity index (χ4v) is 6.08. The molecule has 17 heteroatoms. The molecule has 5 amide bonds. The summed E-state index contributed by atoms with van der Waals surface area (Å²) in [5.74, 6) is -2.59. The summed E-state index contributed by atoms with van der Waals surface area (Å²) in [5, 5.41) is 10.4. The lowest BCUT2D eigenvalue weighted by molar-refractivity contribution is -0.142. The SMILES string of the molecule is CC(=O)NC(CCS(C)=O)C(=O)N(C)C1C(=O)NCC(=O)NC(C(=O)NC(C)C(C)=O)Cc2ccc(OCCN)c(c2)-c2cc1ccc2OCCN. The first-order chi connectivity index (χ1) is 24.7. The Balaban J connectivity index is 2.26. The van der Waals surface area contributed by atoms with E-state index in [1.165, 1.54) is 34.1 Å². The zero-order chi connectivity index (χ0) is 38.5. The highest BCUT2D eigenvalue weighted by molar-refractivity contribution is 7.84. The summed E-state index contributed by atoms with van der Waals surface area (Å²) in [6.45, 7) is 4.25. The summed E-state index contributed by atoms with van der Waals surface area (Å²) in [4.78, 5) is 79.8. The van der Waals surface area contributed by atoms with Crippen LogP contribution in [0.5, 0.6) is 11.5 Å². The molecular weight excluding hydrogens is 694 g/mol. The minimum absolute atomic E-state index is 0.00590. The first-order valence-electron chi connectivity index (χ1n) is 16.8. The summed E-state index contributed by atoms with van der Waals surface area (Å²) in [5.41, 5.74) is 13.4. The lowest BCUT2D eigenvalue weighted by Crippen LogP contribution is -2.54. The maximum absolute atomic E-state index is 14.0. The number of carbonyl (C=O) groups excluding carboxylic acids is 6. The molecule has 5 atom stereocenters. The number of ketones is 1. The molecule has 8 N–H and O–H groups in total. The number of likely N-dealkylation sites (N-methyl/N-ethyl adjacent to an activating group) is 1. The first-order valence-corrected chi connectivity index (χ1v) is 18.5. The van der Waals surface area contributed by atoms with Crippen LogP contribution >= 0.6 is 0 Å². The Morgan fingerprint density at radius 2 is 1.60 bits per heavy atom. The summed E-state index contributed by atoms with van der Waals surface area (Å²) in [6.07, 6.45) is 1.52. The molecular formula is C35H49N7O9S. The summed E-state index contributed by atoms with van der Waals surface area (Å²) in [7, 11) is 0.115. The van der Waals surface area contributed by atoms with Crippen LogP contribution in [-0.2, 0) is 46.0 Å². The molecule has 0 radical (unpaired) electrons. The number of carbonyl (C=O) groups is 6. The lowest BCUT2D eigenvalue weighted by atomic mass is 9.93. The highest BCUT2D eigenvalue weighted by Gasteiger charge is 2.35. The molecule has 1 aliphatic rings. The van der Waals surface area contributed by atoms with Gasteiger partial charge in [-0.25, -0.2) is 0 Å². The van der Waals surface area contributed by atoms with Crippen molar-refractivity contribution in [2.75, 3.05) is 51.9 Å². The van der Waals surface area contributed by atoms with Crippen LogP contribution < -0.4 is 42.2 Å². The molecule has 0 aliphatic carbocycles. The van der Waals surface area contributed by atoms with Crippen molar-refractivity contribution in [3.05, 3.63) is 47.5 Å². The van der Waals surface area contributed by atoms with E-state index in [9.17, 15) is 33.0 Å². The van der Waals surface area contributed by atoms with Gasteiger partial charge < -0.3 is 47.1 Å². The van der Waals surface area contributed by atoms with Crippen LogP contribution in [0.15, 0.2) is 36.4 Å². The smallest absolute Gasteiger partial charge is 0.247 e. The predicted octanol–water partition coefficient (Wildman–Crippen LogP) is -0.948. The van der Waals surface area contributed by atoms with Gasteiger partial charge in [0.15, 0.2) is 5.78 Å². The highest BCUT2D eigenvalue weighted by Crippen LogP contribution is 2.40. The summed E-state index contributed by atoms with van der Waals surface area (Å²) in [6, 6.07) is 5.64. The number of nitrogens with zero attached hydrogens (tertiary/aromatic N) is 1. The largest absolute Gasteiger partial charge is 0.492 e. The van der Waals surface area contributed by atoms with E-state index in [-0.39, 0.29) is 50.7 Å². The number of benzene rings is 2. The minimum atomic E-state index is -1.35. The van der Waals surface area contributed by atoms with Crippen LogP contribution in [0.3, 0.4) is 0 Å². The predicted molar refractivity (Wildman–Crippen MR) is 195 cm³/mol. The maximum atomic E-state index is 14.0. The number of rotatable bonds is 15. The van der Waals surface area contributed by atoms with Crippen LogP contribution in [0, 0.1) is 0 Å². The molecule has 0 aromatic heterocycles. The normalized spacial score (nSPS) is 17.6. The molecule has 0 saturated heterocycles. The van der Waals surface area contributed by atoms with Crippen LogP contribution in [0.4, 0.5) is 0 Å². The molecule has 16 nitrogen and oxygen atoms in total. The maximum Gasteiger partial charge on any atom is 0.247 e. The van der Waals surface area contributed by atoms with Crippen molar-refractivity contribution in [3.63, 3.8) is 0 Å². The molecule has 1 heterocycles. The fourth-order valence-electron chi connectivity index (χ4n) is 5.51. The molecule has 2 aromatic carbocycles. The van der Waals surface area contributed by atoms with Crippen LogP contribution in [-0.4, -0.2) is 114 Å². The lowest BCUT2D eigenvalue weighted by Gasteiger charge is -2.32. The number of nitrogens with one attached hydrogen (secondary N) is 4. The van der Waals surface area contributed by atoms with Crippen molar-refractivity contribution in [1.29, 1.82) is 0 Å². The molecule has 5 unspecified atom stereocenters. The number of amides is 5. The standard InChI is InChI=1S/C35H49N7O9S/c1-20(21(2)43)39-33(46)28-17-23-6-8-29(50-13-11-36)25(16-23)26-18-24(7-9-30(26)51-14-12-37)32(34(47)38-19-31(45)41-28)42(4)35(48)27(40-22(3)44)10-15-52(5)49/h6-9,16,18,20,27-28,32H,10-15,17,19,36-37H2,1-5H3,(H,38,47)(H,39,46)(H,40,44)(H,41,45). The number of ether oxygens (including phenoxy) is 2. The molecule has 0 spiro atoms. The van der Waals surface area contributed by atoms with Crippen molar-refractivity contribution in [1.82, 2.24) is 26.2 Å².